The van der Waals surface area contributed by atoms with Gasteiger partial charge >= 0.3 is 0 Å². The molecule has 0 saturated carbocycles. The number of amides is 1. The van der Waals surface area contributed by atoms with Crippen molar-refractivity contribution in [3.63, 3.8) is 0 Å². The molecular formula is C27H28N4O4S. The summed E-state index contributed by atoms with van der Waals surface area (Å²) in [4.78, 5) is 14.0. The summed E-state index contributed by atoms with van der Waals surface area (Å²) >= 11 is 0. The molecule has 0 radical (unpaired) electrons. The molecule has 8 nitrogen and oxygen atoms in total. The van der Waals surface area contributed by atoms with Gasteiger partial charge in [-0.3, -0.25) is 14.2 Å². The van der Waals surface area contributed by atoms with Crippen molar-refractivity contribution in [1.29, 1.82) is 0 Å². The number of rotatable bonds is 6. The molecule has 1 atom stereocenters. The Kier molecular flexibility index (Phi) is 6.38. The monoisotopic (exact) mass is 504 g/mol. The second-order valence-electron chi connectivity index (χ2n) is 9.43. The van der Waals surface area contributed by atoms with Crippen molar-refractivity contribution in [3.8, 4) is 5.69 Å². The van der Waals surface area contributed by atoms with Gasteiger partial charge in [-0.15, -0.1) is 0 Å². The molecular weight excluding hydrogens is 476 g/mol. The Bertz CT molecular complexity index is 1540. The third kappa shape index (κ3) is 4.90. The molecule has 0 aliphatic carbocycles. The van der Waals surface area contributed by atoms with E-state index in [1.807, 2.05) is 37.4 Å². The number of aryl methyl sites for hydroxylation is 1. The number of carbonyl (C=O) groups excluding carboxylic acids is 1. The highest BCUT2D eigenvalue weighted by atomic mass is 32.2. The standard InChI is InChI=1S/C27H28N4O4S/c1-18-7-12-25(36(33,34)35)22(14-18)16-30-13-3-5-20(15-30)19-8-10-23(11-9-19)31-17-21-4-2-6-24(27(28)32)26(21)29-31/h2,4,6-12,14,17,20H,3,5,13,15-16H2,1H3,(H2,28,32)(H,33,34,35)/t20-/m1/s1. The lowest BCUT2D eigenvalue weighted by atomic mass is 9.90. The summed E-state index contributed by atoms with van der Waals surface area (Å²) in [7, 11) is -4.28. The molecule has 186 valence electrons. The SMILES string of the molecule is Cc1ccc(S(=O)(=O)O)c(CN2CCC[C@@H](c3ccc(-n4cc5cccc(C(N)=O)c5n4)cc3)C2)c1. The van der Waals surface area contributed by atoms with Crippen LogP contribution in [-0.2, 0) is 16.7 Å². The van der Waals surface area contributed by atoms with E-state index in [9.17, 15) is 17.8 Å². The van der Waals surface area contributed by atoms with E-state index in [4.69, 9.17) is 5.73 Å². The number of fused-ring (bicyclic) bond motifs is 1. The highest BCUT2D eigenvalue weighted by Crippen LogP contribution is 2.30. The molecule has 1 amide bonds. The van der Waals surface area contributed by atoms with Crippen LogP contribution in [0.25, 0.3) is 16.6 Å². The number of carbonyl (C=O) groups is 1. The summed E-state index contributed by atoms with van der Waals surface area (Å²) in [6.07, 6.45) is 3.93. The van der Waals surface area contributed by atoms with Gasteiger partial charge in [-0.05, 0) is 67.6 Å². The topological polar surface area (TPSA) is 119 Å². The Morgan fingerprint density at radius 2 is 1.92 bits per heavy atom. The van der Waals surface area contributed by atoms with Crippen LogP contribution in [0.4, 0.5) is 0 Å². The van der Waals surface area contributed by atoms with Crippen molar-refractivity contribution < 1.29 is 17.8 Å². The van der Waals surface area contributed by atoms with Gasteiger partial charge in [0.15, 0.2) is 0 Å². The number of benzene rings is 3. The molecule has 9 heteroatoms. The molecule has 1 aliphatic heterocycles. The zero-order chi connectivity index (χ0) is 25.4. The number of hydrogen-bond donors (Lipinski definition) is 2. The van der Waals surface area contributed by atoms with Gasteiger partial charge in [0.2, 0.25) is 0 Å². The third-order valence-corrected chi connectivity index (χ3v) is 7.78. The predicted molar refractivity (Wildman–Crippen MR) is 138 cm³/mol. The molecule has 3 aromatic carbocycles. The highest BCUT2D eigenvalue weighted by Gasteiger charge is 2.24. The van der Waals surface area contributed by atoms with Gasteiger partial charge in [-0.1, -0.05) is 42.0 Å². The van der Waals surface area contributed by atoms with Crippen LogP contribution in [0, 0.1) is 6.92 Å². The van der Waals surface area contributed by atoms with Crippen molar-refractivity contribution in [2.24, 2.45) is 5.73 Å². The number of hydrogen-bond acceptors (Lipinski definition) is 5. The average molecular weight is 505 g/mol. The zero-order valence-electron chi connectivity index (χ0n) is 20.0. The number of piperidine rings is 1. The van der Waals surface area contributed by atoms with Gasteiger partial charge in [-0.2, -0.15) is 13.5 Å². The minimum absolute atomic E-state index is 0.0225. The second kappa shape index (κ2) is 9.50. The van der Waals surface area contributed by atoms with E-state index in [0.717, 1.165) is 42.6 Å². The Morgan fingerprint density at radius 1 is 1.14 bits per heavy atom. The van der Waals surface area contributed by atoms with E-state index in [0.29, 0.717) is 29.1 Å². The normalized spacial score (nSPS) is 16.9. The molecule has 3 N–H and O–H groups in total. The largest absolute Gasteiger partial charge is 0.366 e. The van der Waals surface area contributed by atoms with Crippen LogP contribution in [0.3, 0.4) is 0 Å². The first-order valence-electron chi connectivity index (χ1n) is 11.9. The van der Waals surface area contributed by atoms with Crippen molar-refractivity contribution >= 4 is 26.9 Å². The minimum Gasteiger partial charge on any atom is -0.366 e. The van der Waals surface area contributed by atoms with E-state index < -0.39 is 16.0 Å². The maximum atomic E-state index is 11.9. The van der Waals surface area contributed by atoms with Gasteiger partial charge < -0.3 is 5.73 Å². The first-order valence-corrected chi connectivity index (χ1v) is 13.3. The molecule has 2 heterocycles. The minimum atomic E-state index is -4.28. The summed E-state index contributed by atoms with van der Waals surface area (Å²) in [5, 5.41) is 5.42. The fourth-order valence-corrected chi connectivity index (χ4v) is 5.77. The molecule has 1 aromatic heterocycles. The Hall–Kier alpha value is -3.53. The van der Waals surface area contributed by atoms with Crippen LogP contribution < -0.4 is 5.73 Å². The summed E-state index contributed by atoms with van der Waals surface area (Å²) in [5.41, 5.74) is 10.1. The van der Waals surface area contributed by atoms with E-state index in [1.54, 1.807) is 22.9 Å². The lowest BCUT2D eigenvalue weighted by Gasteiger charge is -2.33. The van der Waals surface area contributed by atoms with Gasteiger partial charge in [-0.25, -0.2) is 4.68 Å². The molecule has 4 aromatic rings. The Morgan fingerprint density at radius 3 is 2.64 bits per heavy atom. The van der Waals surface area contributed by atoms with E-state index >= 15 is 0 Å². The number of aromatic nitrogens is 2. The van der Waals surface area contributed by atoms with Crippen molar-refractivity contribution in [3.05, 3.63) is 89.1 Å². The highest BCUT2D eigenvalue weighted by molar-refractivity contribution is 7.85. The number of nitrogens with zero attached hydrogens (tertiary/aromatic N) is 3. The van der Waals surface area contributed by atoms with Crippen molar-refractivity contribution in [2.75, 3.05) is 13.1 Å². The number of primary amides is 1. The fraction of sp³-hybridized carbons (Fsp3) is 0.259. The van der Waals surface area contributed by atoms with Crippen LogP contribution in [0.5, 0.6) is 0 Å². The predicted octanol–water partition coefficient (Wildman–Crippen LogP) is 4.06. The maximum absolute atomic E-state index is 11.9. The van der Waals surface area contributed by atoms with E-state index in [1.165, 1.54) is 11.6 Å². The van der Waals surface area contributed by atoms with Gasteiger partial charge in [0, 0.05) is 24.7 Å². The van der Waals surface area contributed by atoms with Crippen LogP contribution in [0.2, 0.25) is 0 Å². The lowest BCUT2D eigenvalue weighted by molar-refractivity contribution is 0.100. The molecule has 1 aliphatic rings. The van der Waals surface area contributed by atoms with Gasteiger partial charge in [0.1, 0.15) is 5.52 Å². The molecule has 5 rings (SSSR count). The van der Waals surface area contributed by atoms with E-state index in [2.05, 4.69) is 22.1 Å². The smallest absolute Gasteiger partial charge is 0.294 e. The molecule has 1 saturated heterocycles. The van der Waals surface area contributed by atoms with E-state index in [-0.39, 0.29) is 4.90 Å². The molecule has 0 spiro atoms. The quantitative estimate of drug-likeness (QED) is 0.382. The number of nitrogens with two attached hydrogens (primary N) is 1. The zero-order valence-corrected chi connectivity index (χ0v) is 20.8. The van der Waals surface area contributed by atoms with Crippen LogP contribution in [0.15, 0.2) is 71.8 Å². The molecule has 0 bridgehead atoms. The van der Waals surface area contributed by atoms with Gasteiger partial charge in [0.05, 0.1) is 16.1 Å². The summed E-state index contributed by atoms with van der Waals surface area (Å²) in [6, 6.07) is 18.6. The molecule has 1 fully saturated rings. The second-order valence-corrected chi connectivity index (χ2v) is 10.8. The Labute approximate surface area is 210 Å². The summed E-state index contributed by atoms with van der Waals surface area (Å²) in [6.45, 7) is 4.05. The van der Waals surface area contributed by atoms with Crippen LogP contribution in [-0.4, -0.2) is 46.6 Å². The first-order chi connectivity index (χ1) is 17.2. The van der Waals surface area contributed by atoms with Crippen LogP contribution >= 0.6 is 0 Å². The first kappa shape index (κ1) is 24.2. The van der Waals surface area contributed by atoms with Crippen molar-refractivity contribution in [1.82, 2.24) is 14.7 Å². The molecule has 36 heavy (non-hydrogen) atoms. The molecule has 0 unspecified atom stereocenters. The lowest BCUT2D eigenvalue weighted by Crippen LogP contribution is -2.34. The van der Waals surface area contributed by atoms with Crippen molar-refractivity contribution in [2.45, 2.75) is 37.1 Å². The summed E-state index contributed by atoms with van der Waals surface area (Å²) in [5.74, 6) is -0.192. The summed E-state index contributed by atoms with van der Waals surface area (Å²) < 4.78 is 35.1. The van der Waals surface area contributed by atoms with Gasteiger partial charge in [0.25, 0.3) is 16.0 Å². The van der Waals surface area contributed by atoms with Crippen LogP contribution in [0.1, 0.15) is 45.8 Å². The maximum Gasteiger partial charge on any atom is 0.294 e. The Balaban J connectivity index is 1.34. The number of likely N-dealkylation sites (tertiary alicyclic amines) is 1. The fourth-order valence-electron chi connectivity index (χ4n) is 5.07. The average Bonchev–Trinajstić information content (AvgIpc) is 3.28. The third-order valence-electron chi connectivity index (χ3n) is 6.82.